The number of carboxylic acid groups (broad SMARTS) is 1. The van der Waals surface area contributed by atoms with Crippen molar-refractivity contribution in [1.29, 1.82) is 0 Å². The van der Waals surface area contributed by atoms with Crippen molar-refractivity contribution in [2.24, 2.45) is 11.3 Å². The second kappa shape index (κ2) is 8.07. The van der Waals surface area contributed by atoms with Crippen molar-refractivity contribution in [2.45, 2.75) is 27.2 Å². The van der Waals surface area contributed by atoms with Crippen molar-refractivity contribution < 1.29 is 19.5 Å². The van der Waals surface area contributed by atoms with Crippen LogP contribution in [0.1, 0.15) is 46.5 Å². The summed E-state index contributed by atoms with van der Waals surface area (Å²) in [7, 11) is 0. The monoisotopic (exact) mass is 394 g/mol. The number of carbonyl (C=O) groups excluding carboxylic acids is 2. The van der Waals surface area contributed by atoms with Crippen LogP contribution >= 0.6 is 0 Å². The van der Waals surface area contributed by atoms with Crippen LogP contribution in [0.15, 0.2) is 48.5 Å². The van der Waals surface area contributed by atoms with E-state index in [4.69, 9.17) is 0 Å². The highest BCUT2D eigenvalue weighted by Gasteiger charge is 2.48. The van der Waals surface area contributed by atoms with Crippen LogP contribution in [-0.2, 0) is 4.79 Å². The number of nitrogens with zero attached hydrogens (tertiary/aromatic N) is 1. The van der Waals surface area contributed by atoms with Gasteiger partial charge in [-0.2, -0.15) is 0 Å². The van der Waals surface area contributed by atoms with E-state index >= 15 is 0 Å². The quantitative estimate of drug-likeness (QED) is 0.807. The lowest BCUT2D eigenvalue weighted by molar-refractivity contribution is -0.150. The molecule has 2 amide bonds. The smallest absolute Gasteiger partial charge is 0.311 e. The summed E-state index contributed by atoms with van der Waals surface area (Å²) in [5, 5.41) is 12.6. The number of hydrogen-bond acceptors (Lipinski definition) is 3. The third kappa shape index (κ3) is 4.01. The van der Waals surface area contributed by atoms with Gasteiger partial charge >= 0.3 is 5.97 Å². The number of benzene rings is 2. The molecule has 152 valence electrons. The van der Waals surface area contributed by atoms with Gasteiger partial charge in [0, 0.05) is 29.9 Å². The van der Waals surface area contributed by atoms with Gasteiger partial charge in [0.05, 0.1) is 5.41 Å². The molecule has 3 rings (SSSR count). The Bertz CT molecular complexity index is 939. The molecule has 2 N–H and O–H groups in total. The first-order valence-corrected chi connectivity index (χ1v) is 9.74. The largest absolute Gasteiger partial charge is 0.481 e. The zero-order chi connectivity index (χ0) is 21.2. The summed E-state index contributed by atoms with van der Waals surface area (Å²) < 4.78 is 0. The molecule has 0 aromatic heterocycles. The van der Waals surface area contributed by atoms with Crippen molar-refractivity contribution in [1.82, 2.24) is 4.90 Å². The number of rotatable bonds is 5. The molecule has 1 aliphatic rings. The van der Waals surface area contributed by atoms with Crippen molar-refractivity contribution in [3.05, 3.63) is 65.2 Å². The SMILES string of the molecule is Cc1ccc(C(=O)N2CCC(C(=O)O)(C(C)C)C2)cc1NC(=O)c1ccccc1. The maximum absolute atomic E-state index is 13.0. The Morgan fingerprint density at radius 1 is 1.07 bits per heavy atom. The maximum Gasteiger partial charge on any atom is 0.311 e. The molecule has 1 fully saturated rings. The lowest BCUT2D eigenvalue weighted by atomic mass is 9.76. The summed E-state index contributed by atoms with van der Waals surface area (Å²) >= 11 is 0. The van der Waals surface area contributed by atoms with Gasteiger partial charge in [-0.25, -0.2) is 0 Å². The van der Waals surface area contributed by atoms with Gasteiger partial charge in [0.2, 0.25) is 0 Å². The molecule has 0 radical (unpaired) electrons. The van der Waals surface area contributed by atoms with Crippen LogP contribution in [0.2, 0.25) is 0 Å². The molecule has 1 saturated heterocycles. The minimum absolute atomic E-state index is 0.0726. The molecule has 2 aromatic carbocycles. The Balaban J connectivity index is 1.80. The van der Waals surface area contributed by atoms with E-state index in [0.717, 1.165) is 5.56 Å². The van der Waals surface area contributed by atoms with E-state index in [1.54, 1.807) is 47.4 Å². The molecule has 6 nitrogen and oxygen atoms in total. The second-order valence-corrected chi connectivity index (χ2v) is 7.94. The van der Waals surface area contributed by atoms with Gasteiger partial charge in [-0.1, -0.05) is 38.1 Å². The van der Waals surface area contributed by atoms with Gasteiger partial charge in [0.25, 0.3) is 11.8 Å². The topological polar surface area (TPSA) is 86.7 Å². The van der Waals surface area contributed by atoms with E-state index in [0.29, 0.717) is 29.8 Å². The Morgan fingerprint density at radius 2 is 1.76 bits per heavy atom. The number of carboxylic acids is 1. The molecule has 0 saturated carbocycles. The van der Waals surface area contributed by atoms with E-state index in [1.165, 1.54) is 0 Å². The lowest BCUT2D eigenvalue weighted by Crippen LogP contribution is -2.40. The first kappa shape index (κ1) is 20.6. The first-order valence-electron chi connectivity index (χ1n) is 9.74. The average molecular weight is 394 g/mol. The summed E-state index contributed by atoms with van der Waals surface area (Å²) in [6.45, 7) is 6.22. The standard InChI is InChI=1S/C23H26N2O4/c1-15(2)23(22(28)29)11-12-25(14-23)21(27)18-10-9-16(3)19(13-18)24-20(26)17-7-5-4-6-8-17/h4-10,13,15H,11-12,14H2,1-3H3,(H,24,26)(H,28,29). The van der Waals surface area contributed by atoms with Crippen molar-refractivity contribution in [3.8, 4) is 0 Å². The van der Waals surface area contributed by atoms with Crippen LogP contribution in [0.5, 0.6) is 0 Å². The van der Waals surface area contributed by atoms with Gasteiger partial charge in [-0.15, -0.1) is 0 Å². The summed E-state index contributed by atoms with van der Waals surface area (Å²) in [4.78, 5) is 38.9. The van der Waals surface area contributed by atoms with Gasteiger partial charge in [-0.3, -0.25) is 14.4 Å². The fourth-order valence-electron chi connectivity index (χ4n) is 3.76. The Morgan fingerprint density at radius 3 is 2.34 bits per heavy atom. The summed E-state index contributed by atoms with van der Waals surface area (Å²) in [6, 6.07) is 14.0. The van der Waals surface area contributed by atoms with Crippen molar-refractivity contribution >= 4 is 23.5 Å². The van der Waals surface area contributed by atoms with Gasteiger partial charge in [0.15, 0.2) is 0 Å². The number of amides is 2. The molecule has 0 aliphatic carbocycles. The summed E-state index contributed by atoms with van der Waals surface area (Å²) in [5.74, 6) is -1.40. The van der Waals surface area contributed by atoms with Crippen LogP contribution in [0.25, 0.3) is 0 Å². The van der Waals surface area contributed by atoms with Crippen LogP contribution in [0.4, 0.5) is 5.69 Å². The number of carbonyl (C=O) groups is 3. The van der Waals surface area contributed by atoms with E-state index in [-0.39, 0.29) is 24.3 Å². The molecular weight excluding hydrogens is 368 g/mol. The van der Waals surface area contributed by atoms with Gasteiger partial charge < -0.3 is 15.3 Å². The highest BCUT2D eigenvalue weighted by molar-refractivity contribution is 6.05. The molecule has 1 atom stereocenters. The van der Waals surface area contributed by atoms with Crippen molar-refractivity contribution in [2.75, 3.05) is 18.4 Å². The molecular formula is C23H26N2O4. The van der Waals surface area contributed by atoms with Crippen LogP contribution < -0.4 is 5.32 Å². The third-order valence-electron chi connectivity index (χ3n) is 5.89. The molecule has 1 heterocycles. The van der Waals surface area contributed by atoms with Gasteiger partial charge in [-0.05, 0) is 49.1 Å². The van der Waals surface area contributed by atoms with E-state index in [2.05, 4.69) is 5.32 Å². The Labute approximate surface area is 170 Å². The average Bonchev–Trinajstić information content (AvgIpc) is 3.17. The number of likely N-dealkylation sites (tertiary alicyclic amines) is 1. The minimum atomic E-state index is -0.912. The molecule has 29 heavy (non-hydrogen) atoms. The predicted octanol–water partition coefficient (Wildman–Crippen LogP) is 3.82. The van der Waals surface area contributed by atoms with E-state index in [1.807, 2.05) is 26.8 Å². The maximum atomic E-state index is 13.0. The first-order chi connectivity index (χ1) is 13.7. The zero-order valence-electron chi connectivity index (χ0n) is 16.9. The fraction of sp³-hybridized carbons (Fsp3) is 0.348. The highest BCUT2D eigenvalue weighted by atomic mass is 16.4. The van der Waals surface area contributed by atoms with Crippen LogP contribution in [-0.4, -0.2) is 40.9 Å². The Kier molecular flexibility index (Phi) is 5.73. The summed E-state index contributed by atoms with van der Waals surface area (Å²) in [5.41, 5.74) is 1.46. The van der Waals surface area contributed by atoms with E-state index in [9.17, 15) is 19.5 Å². The number of hydrogen-bond donors (Lipinski definition) is 2. The van der Waals surface area contributed by atoms with Crippen LogP contribution in [0.3, 0.4) is 0 Å². The fourth-order valence-corrected chi connectivity index (χ4v) is 3.76. The molecule has 0 bridgehead atoms. The third-order valence-corrected chi connectivity index (χ3v) is 5.89. The Hall–Kier alpha value is -3.15. The normalized spacial score (nSPS) is 18.7. The highest BCUT2D eigenvalue weighted by Crippen LogP contribution is 2.38. The van der Waals surface area contributed by atoms with Crippen LogP contribution in [0, 0.1) is 18.3 Å². The molecule has 1 aliphatic heterocycles. The molecule has 1 unspecified atom stereocenters. The zero-order valence-corrected chi connectivity index (χ0v) is 16.9. The van der Waals surface area contributed by atoms with E-state index < -0.39 is 11.4 Å². The minimum Gasteiger partial charge on any atom is -0.481 e. The summed E-state index contributed by atoms with van der Waals surface area (Å²) in [6.07, 6.45) is 0.440. The van der Waals surface area contributed by atoms with Crippen molar-refractivity contribution in [3.63, 3.8) is 0 Å². The second-order valence-electron chi connectivity index (χ2n) is 7.94. The number of anilines is 1. The number of aliphatic carboxylic acids is 1. The predicted molar refractivity (Wildman–Crippen MR) is 111 cm³/mol. The number of nitrogens with one attached hydrogen (secondary N) is 1. The molecule has 2 aromatic rings. The molecule has 0 spiro atoms. The number of aryl methyl sites for hydroxylation is 1. The lowest BCUT2D eigenvalue weighted by Gasteiger charge is -2.28. The molecule has 6 heteroatoms. The van der Waals surface area contributed by atoms with Gasteiger partial charge in [0.1, 0.15) is 0 Å².